The van der Waals surface area contributed by atoms with Crippen LogP contribution in [0.4, 0.5) is 5.69 Å². The molecule has 0 aliphatic carbocycles. The zero-order valence-electron chi connectivity index (χ0n) is 14.2. The number of hydrogen-bond donors (Lipinski definition) is 2. The fraction of sp³-hybridized carbons (Fsp3) is 0.0625. The van der Waals surface area contributed by atoms with Gasteiger partial charge in [-0.05, 0) is 28.6 Å². The van der Waals surface area contributed by atoms with Crippen molar-refractivity contribution in [2.75, 3.05) is 5.75 Å². The summed E-state index contributed by atoms with van der Waals surface area (Å²) in [7, 11) is 0. The molecule has 0 bridgehead atoms. The molecule has 3 aromatic rings. The quantitative estimate of drug-likeness (QED) is 0.356. The molecule has 1 heterocycles. The summed E-state index contributed by atoms with van der Waals surface area (Å²) in [6.45, 7) is 0. The number of nitrogens with one attached hydrogen (secondary N) is 2. The lowest BCUT2D eigenvalue weighted by Crippen LogP contribution is -2.42. The molecule has 142 valence electrons. The zero-order valence-corrected chi connectivity index (χ0v) is 15.0. The van der Waals surface area contributed by atoms with E-state index >= 15 is 0 Å². The van der Waals surface area contributed by atoms with E-state index in [1.165, 1.54) is 22.9 Å². The summed E-state index contributed by atoms with van der Waals surface area (Å²) in [5.41, 5.74) is 5.03. The largest absolute Gasteiger partial charge is 0.272 e. The van der Waals surface area contributed by atoms with E-state index in [2.05, 4.69) is 26.4 Å². The summed E-state index contributed by atoms with van der Waals surface area (Å²) in [4.78, 5) is 34.1. The number of rotatable bonds is 6. The third kappa shape index (κ3) is 4.67. The van der Waals surface area contributed by atoms with Crippen molar-refractivity contribution in [3.05, 3.63) is 70.3 Å². The lowest BCUT2D eigenvalue weighted by molar-refractivity contribution is -0.384. The van der Waals surface area contributed by atoms with E-state index in [1.807, 2.05) is 30.3 Å². The number of para-hydroxylation sites is 1. The third-order valence-corrected chi connectivity index (χ3v) is 4.33. The number of nitro benzene ring substituents is 1. The Hall–Kier alpha value is -3.80. The first-order chi connectivity index (χ1) is 13.5. The molecule has 0 saturated carbocycles. The zero-order chi connectivity index (χ0) is 19.9. The van der Waals surface area contributed by atoms with Crippen LogP contribution < -0.4 is 10.9 Å². The predicted molar refractivity (Wildman–Crippen MR) is 98.6 cm³/mol. The van der Waals surface area contributed by atoms with Crippen LogP contribution in [0.2, 0.25) is 0 Å². The summed E-state index contributed by atoms with van der Waals surface area (Å²) in [6.07, 6.45) is 0. The standard InChI is InChI=1S/C16H13N7O4S/c24-14(17-18-15(25)11-5-4-8-13(9-11)23(26)27)10-28-16-19-20-21-22(16)12-6-2-1-3-7-12/h1-9H,10H2,(H,17,24)(H,18,25). The van der Waals surface area contributed by atoms with Gasteiger partial charge in [0, 0.05) is 17.7 Å². The molecule has 0 aliphatic rings. The molecule has 2 N–H and O–H groups in total. The van der Waals surface area contributed by atoms with Gasteiger partial charge < -0.3 is 0 Å². The van der Waals surface area contributed by atoms with E-state index < -0.39 is 16.7 Å². The number of amides is 2. The van der Waals surface area contributed by atoms with E-state index in [1.54, 1.807) is 0 Å². The van der Waals surface area contributed by atoms with Gasteiger partial charge in [0.15, 0.2) is 0 Å². The first kappa shape index (κ1) is 19.0. The monoisotopic (exact) mass is 399 g/mol. The summed E-state index contributed by atoms with van der Waals surface area (Å²) < 4.78 is 1.49. The number of hydrogen-bond acceptors (Lipinski definition) is 8. The molecule has 0 aliphatic heterocycles. The van der Waals surface area contributed by atoms with Crippen molar-refractivity contribution in [3.8, 4) is 5.69 Å². The normalized spacial score (nSPS) is 10.3. The van der Waals surface area contributed by atoms with Crippen LogP contribution in [0.15, 0.2) is 59.8 Å². The molecule has 0 unspecified atom stereocenters. The lowest BCUT2D eigenvalue weighted by Gasteiger charge is -2.07. The maximum absolute atomic E-state index is 12.0. The second kappa shape index (κ2) is 8.73. The molecule has 0 spiro atoms. The molecular formula is C16H13N7O4S. The van der Waals surface area contributed by atoms with Crippen molar-refractivity contribution in [2.45, 2.75) is 5.16 Å². The Labute approximate surface area is 162 Å². The molecular weight excluding hydrogens is 386 g/mol. The van der Waals surface area contributed by atoms with Crippen molar-refractivity contribution in [1.82, 2.24) is 31.1 Å². The number of carbonyl (C=O) groups excluding carboxylic acids is 2. The van der Waals surface area contributed by atoms with Crippen LogP contribution in [0, 0.1) is 10.1 Å². The second-order valence-electron chi connectivity index (χ2n) is 5.31. The number of aromatic nitrogens is 4. The molecule has 3 rings (SSSR count). The number of nitrogens with zero attached hydrogens (tertiary/aromatic N) is 5. The summed E-state index contributed by atoms with van der Waals surface area (Å²) in [6, 6.07) is 14.3. The molecule has 0 fully saturated rings. The molecule has 11 nitrogen and oxygen atoms in total. The maximum Gasteiger partial charge on any atom is 0.270 e. The summed E-state index contributed by atoms with van der Waals surface area (Å²) in [5, 5.41) is 22.5. The molecule has 0 saturated heterocycles. The lowest BCUT2D eigenvalue weighted by atomic mass is 10.2. The number of benzene rings is 2. The Morgan fingerprint density at radius 3 is 2.64 bits per heavy atom. The second-order valence-corrected chi connectivity index (χ2v) is 6.25. The average molecular weight is 399 g/mol. The molecule has 28 heavy (non-hydrogen) atoms. The van der Waals surface area contributed by atoms with E-state index in [4.69, 9.17) is 0 Å². The number of carbonyl (C=O) groups is 2. The number of nitro groups is 1. The minimum atomic E-state index is -0.670. The van der Waals surface area contributed by atoms with Gasteiger partial charge >= 0.3 is 0 Å². The van der Waals surface area contributed by atoms with Crippen molar-refractivity contribution in [2.24, 2.45) is 0 Å². The molecule has 0 radical (unpaired) electrons. The SMILES string of the molecule is O=C(CSc1nnnn1-c1ccccc1)NNC(=O)c1cccc([N+](=O)[O-])c1. The Morgan fingerprint density at radius 1 is 1.11 bits per heavy atom. The van der Waals surface area contributed by atoms with Gasteiger partial charge in [-0.3, -0.25) is 30.6 Å². The van der Waals surface area contributed by atoms with Gasteiger partial charge in [-0.15, -0.1) is 5.10 Å². The molecule has 2 aromatic carbocycles. The smallest absolute Gasteiger partial charge is 0.270 e. The number of non-ortho nitro benzene ring substituents is 1. The third-order valence-electron chi connectivity index (χ3n) is 3.41. The first-order valence-corrected chi connectivity index (χ1v) is 8.83. The summed E-state index contributed by atoms with van der Waals surface area (Å²) >= 11 is 1.08. The van der Waals surface area contributed by atoms with Gasteiger partial charge in [-0.25, -0.2) is 0 Å². The van der Waals surface area contributed by atoms with Gasteiger partial charge in [0.2, 0.25) is 11.1 Å². The minimum Gasteiger partial charge on any atom is -0.272 e. The van der Waals surface area contributed by atoms with E-state index in [0.717, 1.165) is 23.5 Å². The topological polar surface area (TPSA) is 145 Å². The van der Waals surface area contributed by atoms with Gasteiger partial charge in [0.25, 0.3) is 11.6 Å². The first-order valence-electron chi connectivity index (χ1n) is 7.85. The van der Waals surface area contributed by atoms with Crippen LogP contribution in [0.3, 0.4) is 0 Å². The number of tetrazole rings is 1. The molecule has 1 aromatic heterocycles. The Kier molecular flexibility index (Phi) is 5.91. The van der Waals surface area contributed by atoms with E-state index in [9.17, 15) is 19.7 Å². The fourth-order valence-corrected chi connectivity index (χ4v) is 2.82. The highest BCUT2D eigenvalue weighted by molar-refractivity contribution is 7.99. The highest BCUT2D eigenvalue weighted by atomic mass is 32.2. The van der Waals surface area contributed by atoms with Crippen LogP contribution in [0.25, 0.3) is 5.69 Å². The van der Waals surface area contributed by atoms with E-state index in [-0.39, 0.29) is 17.0 Å². The van der Waals surface area contributed by atoms with Crippen molar-refractivity contribution < 1.29 is 14.5 Å². The molecule has 12 heteroatoms. The van der Waals surface area contributed by atoms with Crippen LogP contribution in [0.5, 0.6) is 0 Å². The van der Waals surface area contributed by atoms with Gasteiger partial charge in [0.05, 0.1) is 16.4 Å². The van der Waals surface area contributed by atoms with Crippen molar-refractivity contribution >= 4 is 29.3 Å². The van der Waals surface area contributed by atoms with Gasteiger partial charge in [-0.2, -0.15) is 4.68 Å². The average Bonchev–Trinajstić information content (AvgIpc) is 3.20. The highest BCUT2D eigenvalue weighted by Gasteiger charge is 2.14. The predicted octanol–water partition coefficient (Wildman–Crippen LogP) is 1.12. The van der Waals surface area contributed by atoms with Crippen molar-refractivity contribution in [1.29, 1.82) is 0 Å². The molecule has 0 atom stereocenters. The highest BCUT2D eigenvalue weighted by Crippen LogP contribution is 2.17. The Morgan fingerprint density at radius 2 is 1.89 bits per heavy atom. The minimum absolute atomic E-state index is 0.0511. The van der Waals surface area contributed by atoms with Crippen molar-refractivity contribution in [3.63, 3.8) is 0 Å². The number of thioether (sulfide) groups is 1. The van der Waals surface area contributed by atoms with Crippen LogP contribution in [-0.2, 0) is 4.79 Å². The van der Waals surface area contributed by atoms with Gasteiger partial charge in [-0.1, -0.05) is 36.0 Å². The van der Waals surface area contributed by atoms with Crippen LogP contribution in [0.1, 0.15) is 10.4 Å². The Bertz CT molecular complexity index is 1010. The number of hydrazine groups is 1. The maximum atomic E-state index is 12.0. The fourth-order valence-electron chi connectivity index (χ4n) is 2.13. The van der Waals surface area contributed by atoms with E-state index in [0.29, 0.717) is 5.16 Å². The van der Waals surface area contributed by atoms with Crippen LogP contribution >= 0.6 is 11.8 Å². The van der Waals surface area contributed by atoms with Gasteiger partial charge in [0.1, 0.15) is 0 Å². The Balaban J connectivity index is 1.53. The summed E-state index contributed by atoms with van der Waals surface area (Å²) in [5.74, 6) is -1.22. The van der Waals surface area contributed by atoms with Crippen LogP contribution in [-0.4, -0.2) is 42.7 Å². The molecule has 2 amide bonds.